The second kappa shape index (κ2) is 8.33. The Morgan fingerprint density at radius 2 is 2.04 bits per heavy atom. The molecule has 6 heteroatoms. The lowest BCUT2D eigenvalue weighted by molar-refractivity contribution is -0.131. The fourth-order valence-corrected chi connectivity index (χ4v) is 3.88. The second-order valence-corrected chi connectivity index (χ2v) is 7.16. The summed E-state index contributed by atoms with van der Waals surface area (Å²) in [6, 6.07) is 6.54. The summed E-state index contributed by atoms with van der Waals surface area (Å²) in [6.07, 6.45) is 6.15. The van der Waals surface area contributed by atoms with Crippen LogP contribution in [0, 0.1) is 5.82 Å². The number of benzene rings is 1. The fraction of sp³-hybridized carbons (Fsp3) is 0.444. The molecule has 0 spiro atoms. The number of nitrogens with zero attached hydrogens (tertiary/aromatic N) is 2. The van der Waals surface area contributed by atoms with Gasteiger partial charge in [-0.15, -0.1) is 0 Å². The molecule has 2 heterocycles. The van der Waals surface area contributed by atoms with Gasteiger partial charge in [-0.1, -0.05) is 12.1 Å². The molecule has 0 aliphatic carbocycles. The summed E-state index contributed by atoms with van der Waals surface area (Å²) in [6.45, 7) is 1.62. The monoisotopic (exact) mass is 347 g/mol. The van der Waals surface area contributed by atoms with Crippen molar-refractivity contribution in [2.75, 3.05) is 18.8 Å². The first-order valence-corrected chi connectivity index (χ1v) is 9.47. The number of H-pyrrole nitrogens is 1. The van der Waals surface area contributed by atoms with Crippen LogP contribution in [0.1, 0.15) is 36.6 Å². The van der Waals surface area contributed by atoms with Gasteiger partial charge in [-0.2, -0.15) is 11.8 Å². The number of rotatable bonds is 6. The van der Waals surface area contributed by atoms with E-state index in [9.17, 15) is 9.18 Å². The molecule has 2 aromatic rings. The van der Waals surface area contributed by atoms with Crippen molar-refractivity contribution in [2.24, 2.45) is 0 Å². The Kier molecular flexibility index (Phi) is 5.91. The summed E-state index contributed by atoms with van der Waals surface area (Å²) in [4.78, 5) is 21.7. The van der Waals surface area contributed by atoms with E-state index < -0.39 is 0 Å². The van der Waals surface area contributed by atoms with Gasteiger partial charge in [0, 0.05) is 49.3 Å². The van der Waals surface area contributed by atoms with Gasteiger partial charge >= 0.3 is 0 Å². The van der Waals surface area contributed by atoms with Gasteiger partial charge in [0.2, 0.25) is 5.91 Å². The molecule has 3 rings (SSSR count). The second-order valence-electron chi connectivity index (χ2n) is 6.06. The normalized spacial score (nSPS) is 15.6. The van der Waals surface area contributed by atoms with E-state index in [1.165, 1.54) is 12.1 Å². The van der Waals surface area contributed by atoms with Gasteiger partial charge in [0.25, 0.3) is 0 Å². The van der Waals surface area contributed by atoms with Crippen molar-refractivity contribution < 1.29 is 9.18 Å². The number of imidazole rings is 1. The molecule has 1 aliphatic heterocycles. The predicted octanol–water partition coefficient (Wildman–Crippen LogP) is 3.58. The van der Waals surface area contributed by atoms with Crippen LogP contribution in [-0.2, 0) is 10.5 Å². The summed E-state index contributed by atoms with van der Waals surface area (Å²) in [5.41, 5.74) is 1.09. The molecule has 1 aromatic carbocycles. The molecule has 0 radical (unpaired) electrons. The van der Waals surface area contributed by atoms with E-state index in [0.717, 1.165) is 48.8 Å². The van der Waals surface area contributed by atoms with Crippen LogP contribution in [0.4, 0.5) is 4.39 Å². The molecule has 4 nitrogen and oxygen atoms in total. The third kappa shape index (κ3) is 4.60. The lowest BCUT2D eigenvalue weighted by Gasteiger charge is -2.31. The first-order valence-electron chi connectivity index (χ1n) is 8.31. The Bertz CT molecular complexity index is 637. The molecule has 0 atom stereocenters. The number of amides is 1. The molecule has 0 unspecified atom stereocenters. The van der Waals surface area contributed by atoms with E-state index in [-0.39, 0.29) is 11.7 Å². The highest BCUT2D eigenvalue weighted by Crippen LogP contribution is 2.25. The van der Waals surface area contributed by atoms with Crippen LogP contribution in [0.25, 0.3) is 0 Å². The largest absolute Gasteiger partial charge is 0.348 e. The van der Waals surface area contributed by atoms with Crippen molar-refractivity contribution >= 4 is 17.7 Å². The number of aromatic amines is 1. The van der Waals surface area contributed by atoms with Crippen LogP contribution < -0.4 is 0 Å². The van der Waals surface area contributed by atoms with Crippen molar-refractivity contribution in [3.63, 3.8) is 0 Å². The molecule has 1 aromatic heterocycles. The summed E-state index contributed by atoms with van der Waals surface area (Å²) in [5, 5.41) is 0. The van der Waals surface area contributed by atoms with Gasteiger partial charge in [-0.05, 0) is 30.5 Å². The molecule has 1 amide bonds. The van der Waals surface area contributed by atoms with Gasteiger partial charge in [0.15, 0.2) is 0 Å². The topological polar surface area (TPSA) is 49.0 Å². The Balaban J connectivity index is 1.35. The van der Waals surface area contributed by atoms with Crippen LogP contribution in [0.2, 0.25) is 0 Å². The number of carbonyl (C=O) groups excluding carboxylic acids is 1. The number of carbonyl (C=O) groups is 1. The SMILES string of the molecule is O=C(CCSCc1ccc(F)cc1)N1CCC(c2ncc[nH]2)CC1. The van der Waals surface area contributed by atoms with Crippen molar-refractivity contribution in [3.8, 4) is 0 Å². The number of thioether (sulfide) groups is 1. The molecule has 1 fully saturated rings. The van der Waals surface area contributed by atoms with Gasteiger partial charge in [0.05, 0.1) is 0 Å². The third-order valence-corrected chi connectivity index (χ3v) is 5.43. The fourth-order valence-electron chi connectivity index (χ4n) is 2.99. The maximum absolute atomic E-state index is 12.8. The zero-order valence-electron chi connectivity index (χ0n) is 13.6. The predicted molar refractivity (Wildman–Crippen MR) is 94.3 cm³/mol. The van der Waals surface area contributed by atoms with Crippen LogP contribution in [-0.4, -0.2) is 39.6 Å². The van der Waals surface area contributed by atoms with Gasteiger partial charge in [0.1, 0.15) is 11.6 Å². The van der Waals surface area contributed by atoms with E-state index >= 15 is 0 Å². The molecule has 128 valence electrons. The maximum atomic E-state index is 12.8. The molecular formula is C18H22FN3OS. The summed E-state index contributed by atoms with van der Waals surface area (Å²) >= 11 is 1.72. The molecular weight excluding hydrogens is 325 g/mol. The van der Waals surface area contributed by atoms with Crippen molar-refractivity contribution in [1.82, 2.24) is 14.9 Å². The smallest absolute Gasteiger partial charge is 0.223 e. The first kappa shape index (κ1) is 17.0. The van der Waals surface area contributed by atoms with E-state index in [1.807, 2.05) is 11.1 Å². The Morgan fingerprint density at radius 1 is 1.29 bits per heavy atom. The number of halogens is 1. The maximum Gasteiger partial charge on any atom is 0.223 e. The third-order valence-electron chi connectivity index (χ3n) is 4.40. The minimum atomic E-state index is -0.211. The zero-order chi connectivity index (χ0) is 16.8. The molecule has 1 saturated heterocycles. The highest BCUT2D eigenvalue weighted by atomic mass is 32.2. The van der Waals surface area contributed by atoms with Gasteiger partial charge < -0.3 is 9.88 Å². The van der Waals surface area contributed by atoms with Crippen LogP contribution in [0.15, 0.2) is 36.7 Å². The summed E-state index contributed by atoms with van der Waals surface area (Å²) in [5.74, 6) is 3.12. The minimum Gasteiger partial charge on any atom is -0.348 e. The lowest BCUT2D eigenvalue weighted by atomic mass is 9.96. The number of aromatic nitrogens is 2. The average Bonchev–Trinajstić information content (AvgIpc) is 3.15. The van der Waals surface area contributed by atoms with E-state index in [0.29, 0.717) is 12.3 Å². The van der Waals surface area contributed by atoms with E-state index in [2.05, 4.69) is 9.97 Å². The van der Waals surface area contributed by atoms with Crippen LogP contribution in [0.5, 0.6) is 0 Å². The molecule has 0 bridgehead atoms. The highest BCUT2D eigenvalue weighted by molar-refractivity contribution is 7.98. The van der Waals surface area contributed by atoms with Gasteiger partial charge in [-0.3, -0.25) is 4.79 Å². The van der Waals surface area contributed by atoms with Crippen molar-refractivity contribution in [1.29, 1.82) is 0 Å². The lowest BCUT2D eigenvalue weighted by Crippen LogP contribution is -2.38. The minimum absolute atomic E-state index is 0.211. The van der Waals surface area contributed by atoms with Crippen molar-refractivity contribution in [3.05, 3.63) is 53.9 Å². The van der Waals surface area contributed by atoms with Crippen LogP contribution >= 0.6 is 11.8 Å². The molecule has 0 saturated carbocycles. The number of hydrogen-bond acceptors (Lipinski definition) is 3. The van der Waals surface area contributed by atoms with Gasteiger partial charge in [-0.25, -0.2) is 9.37 Å². The summed E-state index contributed by atoms with van der Waals surface area (Å²) in [7, 11) is 0. The van der Waals surface area contributed by atoms with Crippen LogP contribution in [0.3, 0.4) is 0 Å². The van der Waals surface area contributed by atoms with Crippen molar-refractivity contribution in [2.45, 2.75) is 30.9 Å². The highest BCUT2D eigenvalue weighted by Gasteiger charge is 2.24. The number of nitrogens with one attached hydrogen (secondary N) is 1. The standard InChI is InChI=1S/C18H22FN3OS/c19-16-3-1-14(2-4-16)13-24-12-7-17(23)22-10-5-15(6-11-22)18-20-8-9-21-18/h1-4,8-9,15H,5-7,10-13H2,(H,20,21). The zero-order valence-corrected chi connectivity index (χ0v) is 14.4. The molecule has 1 aliphatic rings. The summed E-state index contributed by atoms with van der Waals surface area (Å²) < 4.78 is 12.8. The molecule has 24 heavy (non-hydrogen) atoms. The average molecular weight is 347 g/mol. The number of hydrogen-bond donors (Lipinski definition) is 1. The van der Waals surface area contributed by atoms with E-state index in [4.69, 9.17) is 0 Å². The first-order chi connectivity index (χ1) is 11.7. The Hall–Kier alpha value is -1.82. The Labute approximate surface area is 145 Å². The quantitative estimate of drug-likeness (QED) is 0.813. The molecule has 1 N–H and O–H groups in total. The van der Waals surface area contributed by atoms with E-state index in [1.54, 1.807) is 30.1 Å². The number of likely N-dealkylation sites (tertiary alicyclic amines) is 1. The number of piperidine rings is 1. The Morgan fingerprint density at radius 3 is 2.71 bits per heavy atom.